The fourth-order valence-corrected chi connectivity index (χ4v) is 3.82. The molecule has 3 nitrogen and oxygen atoms in total. The number of para-hydroxylation sites is 1. The van der Waals surface area contributed by atoms with Crippen LogP contribution in [0.15, 0.2) is 47.4 Å². The lowest BCUT2D eigenvalue weighted by molar-refractivity contribution is -0.115. The standard InChI is InChI=1S/C16H12ClFN2OS2/c17-10-4-6-11(7-5-10)22-9-8-14(21)19-16-20-15-12(18)2-1-3-13(15)23-16/h1-7H,8-9H2,(H,19,20,21). The van der Waals surface area contributed by atoms with Crippen molar-refractivity contribution in [3.63, 3.8) is 0 Å². The van der Waals surface area contributed by atoms with Crippen molar-refractivity contribution in [2.45, 2.75) is 11.3 Å². The van der Waals surface area contributed by atoms with Gasteiger partial charge in [0, 0.05) is 22.1 Å². The zero-order chi connectivity index (χ0) is 16.2. The molecule has 1 N–H and O–H groups in total. The van der Waals surface area contributed by atoms with Crippen molar-refractivity contribution in [2.24, 2.45) is 0 Å². The van der Waals surface area contributed by atoms with Crippen LogP contribution in [-0.2, 0) is 4.79 Å². The number of thiazole rings is 1. The summed E-state index contributed by atoms with van der Waals surface area (Å²) in [4.78, 5) is 17.1. The molecule has 3 rings (SSSR count). The van der Waals surface area contributed by atoms with Crippen molar-refractivity contribution in [1.82, 2.24) is 4.98 Å². The normalized spacial score (nSPS) is 10.9. The van der Waals surface area contributed by atoms with Crippen LogP contribution in [0.5, 0.6) is 0 Å². The third-order valence-corrected chi connectivity index (χ3v) is 5.23. The number of carbonyl (C=O) groups is 1. The molecular weight excluding hydrogens is 355 g/mol. The molecule has 0 atom stereocenters. The highest BCUT2D eigenvalue weighted by atomic mass is 35.5. The largest absolute Gasteiger partial charge is 0.302 e. The maximum absolute atomic E-state index is 13.6. The molecule has 1 heterocycles. The molecule has 2 aromatic carbocycles. The van der Waals surface area contributed by atoms with Gasteiger partial charge in [-0.1, -0.05) is 29.0 Å². The minimum atomic E-state index is -0.377. The first kappa shape index (κ1) is 16.2. The van der Waals surface area contributed by atoms with Gasteiger partial charge < -0.3 is 5.32 Å². The quantitative estimate of drug-likeness (QED) is 0.630. The van der Waals surface area contributed by atoms with E-state index >= 15 is 0 Å². The number of carbonyl (C=O) groups excluding carboxylic acids is 1. The van der Waals surface area contributed by atoms with E-state index in [-0.39, 0.29) is 11.7 Å². The minimum Gasteiger partial charge on any atom is -0.302 e. The van der Waals surface area contributed by atoms with Crippen LogP contribution in [0.3, 0.4) is 0 Å². The van der Waals surface area contributed by atoms with Crippen LogP contribution < -0.4 is 5.32 Å². The van der Waals surface area contributed by atoms with Gasteiger partial charge in [0.1, 0.15) is 11.3 Å². The second kappa shape index (κ2) is 7.29. The topological polar surface area (TPSA) is 42.0 Å². The Labute approximate surface area is 145 Å². The van der Waals surface area contributed by atoms with E-state index in [0.29, 0.717) is 27.8 Å². The number of hydrogen-bond acceptors (Lipinski definition) is 4. The van der Waals surface area contributed by atoms with Gasteiger partial charge in [-0.2, -0.15) is 0 Å². The third kappa shape index (κ3) is 4.22. The number of thioether (sulfide) groups is 1. The van der Waals surface area contributed by atoms with Crippen molar-refractivity contribution in [3.8, 4) is 0 Å². The number of fused-ring (bicyclic) bond motifs is 1. The van der Waals surface area contributed by atoms with Gasteiger partial charge in [-0.3, -0.25) is 4.79 Å². The zero-order valence-corrected chi connectivity index (χ0v) is 14.3. The summed E-state index contributed by atoms with van der Waals surface area (Å²) in [5.41, 5.74) is 0.295. The molecule has 3 aromatic rings. The number of nitrogens with one attached hydrogen (secondary N) is 1. The Morgan fingerprint density at radius 2 is 2.04 bits per heavy atom. The summed E-state index contributed by atoms with van der Waals surface area (Å²) < 4.78 is 14.3. The molecule has 0 saturated heterocycles. The Morgan fingerprint density at radius 1 is 1.26 bits per heavy atom. The van der Waals surface area contributed by atoms with Crippen LogP contribution in [-0.4, -0.2) is 16.6 Å². The molecule has 23 heavy (non-hydrogen) atoms. The summed E-state index contributed by atoms with van der Waals surface area (Å²) in [6, 6.07) is 12.2. The van der Waals surface area contributed by atoms with Gasteiger partial charge in [-0.15, -0.1) is 11.8 Å². The number of rotatable bonds is 5. The molecule has 0 aliphatic rings. The fraction of sp³-hybridized carbons (Fsp3) is 0.125. The lowest BCUT2D eigenvalue weighted by Crippen LogP contribution is -2.11. The Bertz CT molecular complexity index is 836. The molecular formula is C16H12ClFN2OS2. The number of anilines is 1. The van der Waals surface area contributed by atoms with E-state index in [4.69, 9.17) is 11.6 Å². The summed E-state index contributed by atoms with van der Waals surface area (Å²) in [7, 11) is 0. The van der Waals surface area contributed by atoms with E-state index in [1.807, 2.05) is 24.3 Å². The zero-order valence-electron chi connectivity index (χ0n) is 11.9. The van der Waals surface area contributed by atoms with E-state index in [9.17, 15) is 9.18 Å². The first-order valence-electron chi connectivity index (χ1n) is 6.85. The third-order valence-electron chi connectivity index (χ3n) is 3.03. The smallest absolute Gasteiger partial charge is 0.226 e. The maximum atomic E-state index is 13.6. The van der Waals surface area contributed by atoms with Crippen molar-refractivity contribution in [3.05, 3.63) is 53.3 Å². The predicted molar refractivity (Wildman–Crippen MR) is 95.0 cm³/mol. The van der Waals surface area contributed by atoms with Crippen LogP contribution in [0, 0.1) is 5.82 Å². The number of hydrogen-bond donors (Lipinski definition) is 1. The molecule has 0 unspecified atom stereocenters. The summed E-state index contributed by atoms with van der Waals surface area (Å²) >= 11 is 8.67. The van der Waals surface area contributed by atoms with Gasteiger partial charge >= 0.3 is 0 Å². The lowest BCUT2D eigenvalue weighted by Gasteiger charge is -2.02. The summed E-state index contributed by atoms with van der Waals surface area (Å²) in [6.07, 6.45) is 0.353. The number of halogens is 2. The van der Waals surface area contributed by atoms with E-state index in [1.54, 1.807) is 23.9 Å². The monoisotopic (exact) mass is 366 g/mol. The molecule has 7 heteroatoms. The Kier molecular flexibility index (Phi) is 5.15. The van der Waals surface area contributed by atoms with Gasteiger partial charge in [0.2, 0.25) is 5.91 Å². The first-order valence-corrected chi connectivity index (χ1v) is 9.03. The van der Waals surface area contributed by atoms with Crippen LogP contribution >= 0.6 is 34.7 Å². The molecule has 0 fully saturated rings. The number of amides is 1. The molecule has 0 aliphatic carbocycles. The average Bonchev–Trinajstić information content (AvgIpc) is 2.93. The molecule has 0 bridgehead atoms. The SMILES string of the molecule is O=C(CCSc1ccc(Cl)cc1)Nc1nc2c(F)cccc2s1. The van der Waals surface area contributed by atoms with Gasteiger partial charge in [-0.05, 0) is 36.4 Å². The Morgan fingerprint density at radius 3 is 2.78 bits per heavy atom. The number of benzene rings is 2. The molecule has 0 radical (unpaired) electrons. The lowest BCUT2D eigenvalue weighted by atomic mass is 10.3. The average molecular weight is 367 g/mol. The van der Waals surface area contributed by atoms with Gasteiger partial charge in [0.05, 0.1) is 4.70 Å². The first-order chi connectivity index (χ1) is 11.1. The Hall–Kier alpha value is -1.63. The van der Waals surface area contributed by atoms with Crippen LogP contribution in [0.1, 0.15) is 6.42 Å². The molecule has 0 spiro atoms. The fourth-order valence-electron chi connectivity index (χ4n) is 1.94. The molecule has 1 amide bonds. The van der Waals surface area contributed by atoms with Crippen molar-refractivity contribution in [1.29, 1.82) is 0 Å². The van der Waals surface area contributed by atoms with Gasteiger partial charge in [0.15, 0.2) is 5.13 Å². The van der Waals surface area contributed by atoms with Crippen LogP contribution in [0.25, 0.3) is 10.2 Å². The highest BCUT2D eigenvalue weighted by molar-refractivity contribution is 7.99. The molecule has 1 aromatic heterocycles. The Balaban J connectivity index is 1.54. The van der Waals surface area contributed by atoms with Crippen LogP contribution in [0.4, 0.5) is 9.52 Å². The van der Waals surface area contributed by atoms with E-state index in [1.165, 1.54) is 17.4 Å². The van der Waals surface area contributed by atoms with Gasteiger partial charge in [0.25, 0.3) is 0 Å². The van der Waals surface area contributed by atoms with Crippen molar-refractivity contribution in [2.75, 3.05) is 11.1 Å². The molecule has 118 valence electrons. The predicted octanol–water partition coefficient (Wildman–Crippen LogP) is 5.21. The van der Waals surface area contributed by atoms with Crippen LogP contribution in [0.2, 0.25) is 5.02 Å². The van der Waals surface area contributed by atoms with E-state index < -0.39 is 0 Å². The van der Waals surface area contributed by atoms with Crippen molar-refractivity contribution >= 4 is 56.0 Å². The summed E-state index contributed by atoms with van der Waals surface area (Å²) in [6.45, 7) is 0. The second-order valence-electron chi connectivity index (χ2n) is 4.71. The second-order valence-corrected chi connectivity index (χ2v) is 7.34. The summed E-state index contributed by atoms with van der Waals surface area (Å²) in [5, 5.41) is 3.83. The van der Waals surface area contributed by atoms with E-state index in [2.05, 4.69) is 10.3 Å². The molecule has 0 saturated carbocycles. The number of aromatic nitrogens is 1. The highest BCUT2D eigenvalue weighted by Gasteiger charge is 2.10. The van der Waals surface area contributed by atoms with Crippen molar-refractivity contribution < 1.29 is 9.18 Å². The summed E-state index contributed by atoms with van der Waals surface area (Å²) in [5.74, 6) is 0.135. The van der Waals surface area contributed by atoms with Gasteiger partial charge in [-0.25, -0.2) is 9.37 Å². The highest BCUT2D eigenvalue weighted by Crippen LogP contribution is 2.27. The molecule has 0 aliphatic heterocycles. The van der Waals surface area contributed by atoms with E-state index in [0.717, 1.165) is 9.60 Å². The maximum Gasteiger partial charge on any atom is 0.226 e. The minimum absolute atomic E-state index is 0.133. The number of nitrogens with zero attached hydrogens (tertiary/aromatic N) is 1.